The zero-order valence-corrected chi connectivity index (χ0v) is 15.6. The van der Waals surface area contributed by atoms with Crippen molar-refractivity contribution in [1.29, 1.82) is 0 Å². The topological polar surface area (TPSA) is 88.1 Å². The van der Waals surface area contributed by atoms with Crippen molar-refractivity contribution in [2.45, 2.75) is 13.0 Å². The largest absolute Gasteiger partial charge is 0.348 e. The van der Waals surface area contributed by atoms with Gasteiger partial charge in [-0.1, -0.05) is 6.07 Å². The summed E-state index contributed by atoms with van der Waals surface area (Å²) in [5.41, 5.74) is 2.64. The lowest BCUT2D eigenvalue weighted by atomic mass is 10.1. The van der Waals surface area contributed by atoms with Crippen molar-refractivity contribution in [2.75, 3.05) is 13.6 Å². The van der Waals surface area contributed by atoms with Gasteiger partial charge in [0.25, 0.3) is 11.8 Å². The highest BCUT2D eigenvalue weighted by Gasteiger charge is 2.15. The van der Waals surface area contributed by atoms with Crippen LogP contribution in [0.15, 0.2) is 67.4 Å². The molecule has 3 rings (SSSR count). The van der Waals surface area contributed by atoms with Crippen molar-refractivity contribution < 1.29 is 9.59 Å². The Morgan fingerprint density at radius 1 is 1.00 bits per heavy atom. The van der Waals surface area contributed by atoms with Crippen molar-refractivity contribution in [3.63, 3.8) is 0 Å². The third-order valence-electron chi connectivity index (χ3n) is 4.25. The molecule has 2 amide bonds. The second-order valence-electron chi connectivity index (χ2n) is 6.31. The third kappa shape index (κ3) is 5.20. The number of likely N-dealkylation sites (N-methyl/N-ethyl adjacent to an activating group) is 1. The molecule has 7 heteroatoms. The van der Waals surface area contributed by atoms with Crippen LogP contribution >= 0.6 is 0 Å². The van der Waals surface area contributed by atoms with Crippen LogP contribution in [0.3, 0.4) is 0 Å². The van der Waals surface area contributed by atoms with E-state index in [9.17, 15) is 9.59 Å². The number of rotatable bonds is 7. The SMILES string of the molecule is CN(CCc1ccncc1)C(=O)c1cc(C(=O)NCc2cccnc2)ccn1. The molecular formula is C21H21N5O2. The van der Waals surface area contributed by atoms with E-state index in [0.29, 0.717) is 18.7 Å². The molecule has 142 valence electrons. The van der Waals surface area contributed by atoms with Gasteiger partial charge in [0.15, 0.2) is 0 Å². The molecule has 0 bridgehead atoms. The third-order valence-corrected chi connectivity index (χ3v) is 4.25. The Labute approximate surface area is 163 Å². The van der Waals surface area contributed by atoms with Gasteiger partial charge in [-0.2, -0.15) is 0 Å². The highest BCUT2D eigenvalue weighted by molar-refractivity contribution is 5.98. The summed E-state index contributed by atoms with van der Waals surface area (Å²) in [6, 6.07) is 10.6. The summed E-state index contributed by atoms with van der Waals surface area (Å²) in [5.74, 6) is -0.490. The van der Waals surface area contributed by atoms with Crippen LogP contribution in [0.5, 0.6) is 0 Å². The maximum Gasteiger partial charge on any atom is 0.272 e. The molecule has 0 saturated carbocycles. The van der Waals surface area contributed by atoms with Crippen molar-refractivity contribution >= 4 is 11.8 Å². The Morgan fingerprint density at radius 2 is 1.82 bits per heavy atom. The van der Waals surface area contributed by atoms with Gasteiger partial charge in [0.05, 0.1) is 0 Å². The predicted molar refractivity (Wildman–Crippen MR) is 105 cm³/mol. The minimum atomic E-state index is -0.264. The summed E-state index contributed by atoms with van der Waals surface area (Å²) in [5, 5.41) is 2.82. The van der Waals surface area contributed by atoms with Gasteiger partial charge in [0.2, 0.25) is 0 Å². The molecule has 0 aromatic carbocycles. The molecule has 0 unspecified atom stereocenters. The lowest BCUT2D eigenvalue weighted by molar-refractivity contribution is 0.0791. The Morgan fingerprint density at radius 3 is 2.57 bits per heavy atom. The number of carbonyl (C=O) groups excluding carboxylic acids is 2. The number of nitrogens with one attached hydrogen (secondary N) is 1. The lowest BCUT2D eigenvalue weighted by Gasteiger charge is -2.17. The summed E-state index contributed by atoms with van der Waals surface area (Å²) < 4.78 is 0. The van der Waals surface area contributed by atoms with E-state index in [1.54, 1.807) is 42.8 Å². The molecule has 0 saturated heterocycles. The fourth-order valence-electron chi connectivity index (χ4n) is 2.62. The Kier molecular flexibility index (Phi) is 6.41. The Balaban J connectivity index is 1.59. The lowest BCUT2D eigenvalue weighted by Crippen LogP contribution is -2.30. The van der Waals surface area contributed by atoms with Crippen LogP contribution in [-0.2, 0) is 13.0 Å². The average Bonchev–Trinajstić information content (AvgIpc) is 2.76. The number of nitrogens with zero attached hydrogens (tertiary/aromatic N) is 4. The average molecular weight is 375 g/mol. The van der Waals surface area contributed by atoms with Gasteiger partial charge in [-0.05, 0) is 47.9 Å². The Bertz CT molecular complexity index is 932. The van der Waals surface area contributed by atoms with Crippen LogP contribution in [0.1, 0.15) is 32.0 Å². The number of carbonyl (C=O) groups is 2. The van der Waals surface area contributed by atoms with Crippen LogP contribution in [0, 0.1) is 0 Å². The number of hydrogen-bond donors (Lipinski definition) is 1. The first kappa shape index (κ1) is 19.2. The smallest absolute Gasteiger partial charge is 0.272 e. The van der Waals surface area contributed by atoms with E-state index < -0.39 is 0 Å². The monoisotopic (exact) mass is 375 g/mol. The normalized spacial score (nSPS) is 10.3. The van der Waals surface area contributed by atoms with Crippen LogP contribution in [-0.4, -0.2) is 45.3 Å². The van der Waals surface area contributed by atoms with Crippen LogP contribution in [0.25, 0.3) is 0 Å². The standard InChI is InChI=1S/C21H21N5O2/c1-26(12-7-16-4-9-22-10-5-16)21(28)19-13-18(6-11-24-19)20(27)25-15-17-3-2-8-23-14-17/h2-6,8-11,13-14H,7,12,15H2,1H3,(H,25,27). The number of amides is 2. The molecule has 1 N–H and O–H groups in total. The van der Waals surface area contributed by atoms with Gasteiger partial charge < -0.3 is 10.2 Å². The molecular weight excluding hydrogens is 354 g/mol. The first-order valence-electron chi connectivity index (χ1n) is 8.91. The van der Waals surface area contributed by atoms with Gasteiger partial charge in [-0.3, -0.25) is 24.5 Å². The molecule has 0 aliphatic rings. The van der Waals surface area contributed by atoms with Gasteiger partial charge in [0.1, 0.15) is 5.69 Å². The molecule has 0 radical (unpaired) electrons. The van der Waals surface area contributed by atoms with Crippen molar-refractivity contribution in [3.8, 4) is 0 Å². The van der Waals surface area contributed by atoms with E-state index in [4.69, 9.17) is 0 Å². The minimum Gasteiger partial charge on any atom is -0.348 e. The maximum absolute atomic E-state index is 12.6. The highest BCUT2D eigenvalue weighted by Crippen LogP contribution is 2.07. The molecule has 0 spiro atoms. The number of pyridine rings is 3. The molecule has 0 aliphatic heterocycles. The predicted octanol–water partition coefficient (Wildman–Crippen LogP) is 2.12. The van der Waals surface area contributed by atoms with Crippen LogP contribution in [0.4, 0.5) is 0 Å². The molecule has 28 heavy (non-hydrogen) atoms. The molecule has 3 aromatic rings. The van der Waals surface area contributed by atoms with E-state index >= 15 is 0 Å². The summed E-state index contributed by atoms with van der Waals surface area (Å²) in [7, 11) is 1.72. The molecule has 3 heterocycles. The summed E-state index contributed by atoms with van der Waals surface area (Å²) >= 11 is 0. The van der Waals surface area contributed by atoms with Crippen molar-refractivity contribution in [2.24, 2.45) is 0 Å². The zero-order valence-electron chi connectivity index (χ0n) is 15.6. The van der Waals surface area contributed by atoms with E-state index in [-0.39, 0.29) is 17.5 Å². The summed E-state index contributed by atoms with van der Waals surface area (Å²) in [4.78, 5) is 38.7. The fraction of sp³-hybridized carbons (Fsp3) is 0.190. The molecule has 0 aliphatic carbocycles. The van der Waals surface area contributed by atoms with E-state index in [0.717, 1.165) is 17.5 Å². The number of hydrogen-bond acceptors (Lipinski definition) is 5. The van der Waals surface area contributed by atoms with E-state index in [1.165, 1.54) is 12.3 Å². The van der Waals surface area contributed by atoms with E-state index in [2.05, 4.69) is 20.3 Å². The van der Waals surface area contributed by atoms with Gasteiger partial charge in [0, 0.05) is 56.7 Å². The van der Waals surface area contributed by atoms with Crippen molar-refractivity contribution in [3.05, 3.63) is 89.8 Å². The maximum atomic E-state index is 12.6. The van der Waals surface area contributed by atoms with Gasteiger partial charge >= 0.3 is 0 Å². The van der Waals surface area contributed by atoms with Crippen LogP contribution in [0.2, 0.25) is 0 Å². The second kappa shape index (κ2) is 9.36. The first-order chi connectivity index (χ1) is 13.6. The quantitative estimate of drug-likeness (QED) is 0.683. The molecule has 0 atom stereocenters. The Hall–Kier alpha value is -3.61. The zero-order chi connectivity index (χ0) is 19.8. The van der Waals surface area contributed by atoms with Crippen LogP contribution < -0.4 is 5.32 Å². The molecule has 0 fully saturated rings. The molecule has 3 aromatic heterocycles. The highest BCUT2D eigenvalue weighted by atomic mass is 16.2. The van der Waals surface area contributed by atoms with Gasteiger partial charge in [-0.15, -0.1) is 0 Å². The fourth-order valence-corrected chi connectivity index (χ4v) is 2.62. The first-order valence-corrected chi connectivity index (χ1v) is 8.91. The summed E-state index contributed by atoms with van der Waals surface area (Å²) in [6.45, 7) is 0.909. The summed E-state index contributed by atoms with van der Waals surface area (Å²) in [6.07, 6.45) is 9.02. The van der Waals surface area contributed by atoms with E-state index in [1.807, 2.05) is 24.3 Å². The minimum absolute atomic E-state index is 0.226. The van der Waals surface area contributed by atoms with Gasteiger partial charge in [-0.25, -0.2) is 0 Å². The number of aromatic nitrogens is 3. The second-order valence-corrected chi connectivity index (χ2v) is 6.31. The van der Waals surface area contributed by atoms with Crippen molar-refractivity contribution in [1.82, 2.24) is 25.2 Å². The molecule has 7 nitrogen and oxygen atoms in total.